The molecule has 0 radical (unpaired) electrons. The highest BCUT2D eigenvalue weighted by Crippen LogP contribution is 2.06. The number of carbonyl (C=O) groups is 2. The lowest BCUT2D eigenvalue weighted by Gasteiger charge is -2.16. The van der Waals surface area contributed by atoms with E-state index in [0.717, 1.165) is 5.56 Å². The van der Waals surface area contributed by atoms with Gasteiger partial charge in [-0.3, -0.25) is 14.4 Å². The maximum atomic E-state index is 12.1. The van der Waals surface area contributed by atoms with Crippen LogP contribution in [0.3, 0.4) is 0 Å². The van der Waals surface area contributed by atoms with E-state index < -0.39 is 0 Å². The number of amides is 2. The van der Waals surface area contributed by atoms with Gasteiger partial charge in [-0.05, 0) is 30.7 Å². The predicted octanol–water partition coefficient (Wildman–Crippen LogP) is 0.789. The maximum Gasteiger partial charge on any atom is 0.255 e. The summed E-state index contributed by atoms with van der Waals surface area (Å²) in [5.41, 5.74) is 0.994. The normalized spacial score (nSPS) is 10.1. The van der Waals surface area contributed by atoms with E-state index in [4.69, 9.17) is 0 Å². The monoisotopic (exact) mass is 300 g/mol. The molecule has 0 aliphatic heterocycles. The fraction of sp³-hybridized carbons (Fsp3) is 0.200. The number of aromatic amines is 1. The van der Waals surface area contributed by atoms with Crippen molar-refractivity contribution in [2.24, 2.45) is 0 Å². The Hall–Kier alpha value is -2.96. The summed E-state index contributed by atoms with van der Waals surface area (Å²) in [4.78, 5) is 42.7. The fourth-order valence-electron chi connectivity index (χ4n) is 1.84. The molecule has 2 N–H and O–H groups in total. The second kappa shape index (κ2) is 6.66. The molecule has 22 heavy (non-hydrogen) atoms. The molecule has 7 nitrogen and oxygen atoms in total. The topological polar surface area (TPSA) is 95.2 Å². The summed E-state index contributed by atoms with van der Waals surface area (Å²) < 4.78 is 0. The van der Waals surface area contributed by atoms with Gasteiger partial charge in [0.25, 0.3) is 5.91 Å². The quantitative estimate of drug-likeness (QED) is 0.872. The van der Waals surface area contributed by atoms with Crippen molar-refractivity contribution in [1.82, 2.24) is 14.9 Å². The zero-order valence-electron chi connectivity index (χ0n) is 12.3. The van der Waals surface area contributed by atoms with E-state index in [-0.39, 0.29) is 23.9 Å². The number of hydrogen-bond donors (Lipinski definition) is 2. The fourth-order valence-corrected chi connectivity index (χ4v) is 1.84. The van der Waals surface area contributed by atoms with Crippen LogP contribution in [0.1, 0.15) is 15.9 Å². The van der Waals surface area contributed by atoms with E-state index in [1.54, 1.807) is 12.3 Å². The number of hydrogen-bond acceptors (Lipinski definition) is 4. The zero-order chi connectivity index (χ0) is 16.1. The Morgan fingerprint density at radius 2 is 2.09 bits per heavy atom. The smallest absolute Gasteiger partial charge is 0.255 e. The Bertz CT molecular complexity index is 734. The third kappa shape index (κ3) is 4.02. The molecule has 2 heterocycles. The molecule has 0 saturated carbocycles. The minimum atomic E-state index is -0.358. The number of aromatic nitrogens is 2. The molecule has 0 aliphatic rings. The first-order chi connectivity index (χ1) is 10.5. The van der Waals surface area contributed by atoms with Crippen LogP contribution in [-0.2, 0) is 4.79 Å². The first kappa shape index (κ1) is 15.4. The number of pyridine rings is 2. The lowest BCUT2D eigenvalue weighted by molar-refractivity contribution is -0.116. The molecule has 0 spiro atoms. The zero-order valence-corrected chi connectivity index (χ0v) is 12.3. The number of aryl methyl sites for hydroxylation is 1. The van der Waals surface area contributed by atoms with Gasteiger partial charge < -0.3 is 15.2 Å². The number of nitrogens with one attached hydrogen (secondary N) is 2. The van der Waals surface area contributed by atoms with Gasteiger partial charge in [0.1, 0.15) is 5.82 Å². The third-order valence-electron chi connectivity index (χ3n) is 2.94. The molecule has 0 saturated heterocycles. The number of rotatable bonds is 4. The molecule has 0 aliphatic carbocycles. The van der Waals surface area contributed by atoms with Gasteiger partial charge in [0.15, 0.2) is 0 Å². The van der Waals surface area contributed by atoms with Crippen molar-refractivity contribution in [3.63, 3.8) is 0 Å². The van der Waals surface area contributed by atoms with Crippen LogP contribution in [0.4, 0.5) is 5.82 Å². The Labute approximate surface area is 127 Å². The second-order valence-electron chi connectivity index (χ2n) is 4.87. The summed E-state index contributed by atoms with van der Waals surface area (Å²) in [6.07, 6.45) is 2.92. The van der Waals surface area contributed by atoms with Crippen LogP contribution in [0.2, 0.25) is 0 Å². The molecular weight excluding hydrogens is 284 g/mol. The largest absolute Gasteiger partial charge is 0.332 e. The summed E-state index contributed by atoms with van der Waals surface area (Å²) in [6.45, 7) is 1.77. The van der Waals surface area contributed by atoms with Crippen LogP contribution in [0.15, 0.2) is 41.5 Å². The molecule has 2 aromatic rings. The van der Waals surface area contributed by atoms with Gasteiger partial charge in [-0.1, -0.05) is 0 Å². The highest BCUT2D eigenvalue weighted by molar-refractivity contribution is 5.98. The van der Waals surface area contributed by atoms with Gasteiger partial charge in [-0.15, -0.1) is 0 Å². The molecule has 2 amide bonds. The first-order valence-electron chi connectivity index (χ1n) is 6.62. The summed E-state index contributed by atoms with van der Waals surface area (Å²) in [6, 6.07) is 6.23. The Kier molecular flexibility index (Phi) is 4.67. The second-order valence-corrected chi connectivity index (χ2v) is 4.87. The van der Waals surface area contributed by atoms with Gasteiger partial charge in [0.2, 0.25) is 11.5 Å². The van der Waals surface area contributed by atoms with Crippen molar-refractivity contribution in [1.29, 1.82) is 0 Å². The summed E-state index contributed by atoms with van der Waals surface area (Å²) in [5, 5.41) is 2.63. The van der Waals surface area contributed by atoms with Gasteiger partial charge >= 0.3 is 0 Å². The first-order valence-corrected chi connectivity index (χ1v) is 6.62. The van der Waals surface area contributed by atoms with E-state index in [0.29, 0.717) is 11.4 Å². The van der Waals surface area contributed by atoms with Crippen molar-refractivity contribution >= 4 is 17.6 Å². The van der Waals surface area contributed by atoms with Crippen molar-refractivity contribution in [3.8, 4) is 0 Å². The van der Waals surface area contributed by atoms with E-state index >= 15 is 0 Å². The summed E-state index contributed by atoms with van der Waals surface area (Å²) in [7, 11) is 1.51. The number of nitrogens with zero attached hydrogens (tertiary/aromatic N) is 2. The summed E-state index contributed by atoms with van der Waals surface area (Å²) >= 11 is 0. The lowest BCUT2D eigenvalue weighted by Crippen LogP contribution is -2.35. The van der Waals surface area contributed by atoms with Gasteiger partial charge in [-0.2, -0.15) is 0 Å². The van der Waals surface area contributed by atoms with E-state index in [1.807, 2.05) is 13.0 Å². The van der Waals surface area contributed by atoms with Gasteiger partial charge in [0.05, 0.1) is 12.1 Å². The van der Waals surface area contributed by atoms with Crippen LogP contribution >= 0.6 is 0 Å². The number of anilines is 1. The highest BCUT2D eigenvalue weighted by atomic mass is 16.2. The van der Waals surface area contributed by atoms with Crippen molar-refractivity contribution in [2.45, 2.75) is 6.92 Å². The van der Waals surface area contributed by atoms with Crippen LogP contribution in [0.5, 0.6) is 0 Å². The summed E-state index contributed by atoms with van der Waals surface area (Å²) in [5.74, 6) is -0.267. The van der Waals surface area contributed by atoms with E-state index in [2.05, 4.69) is 15.3 Å². The minimum absolute atomic E-state index is 0.117. The molecule has 2 aromatic heterocycles. The molecule has 7 heteroatoms. The van der Waals surface area contributed by atoms with Crippen LogP contribution in [0, 0.1) is 6.92 Å². The SMILES string of the molecule is Cc1ccnc(NC(=O)CN(C)C(=O)c2ccc(=O)[nH]c2)c1. The third-order valence-corrected chi connectivity index (χ3v) is 2.94. The number of carbonyl (C=O) groups excluding carboxylic acids is 2. The highest BCUT2D eigenvalue weighted by Gasteiger charge is 2.15. The average molecular weight is 300 g/mol. The lowest BCUT2D eigenvalue weighted by atomic mass is 10.2. The van der Waals surface area contributed by atoms with E-state index in [9.17, 15) is 14.4 Å². The Morgan fingerprint density at radius 1 is 1.32 bits per heavy atom. The van der Waals surface area contributed by atoms with Gasteiger partial charge in [-0.25, -0.2) is 4.98 Å². The molecule has 0 unspecified atom stereocenters. The molecule has 0 bridgehead atoms. The minimum Gasteiger partial charge on any atom is -0.332 e. The maximum absolute atomic E-state index is 12.1. The van der Waals surface area contributed by atoms with Crippen LogP contribution < -0.4 is 10.9 Å². The molecule has 2 rings (SSSR count). The van der Waals surface area contributed by atoms with Gasteiger partial charge in [0, 0.05) is 25.5 Å². The molecule has 0 aromatic carbocycles. The number of H-pyrrole nitrogens is 1. The molecule has 114 valence electrons. The molecule has 0 fully saturated rings. The average Bonchev–Trinajstić information content (AvgIpc) is 2.47. The standard InChI is InChI=1S/C15H16N4O3/c1-10-5-6-16-12(7-10)18-14(21)9-19(2)15(22)11-3-4-13(20)17-8-11/h3-8H,9H2,1-2H3,(H,17,20)(H,16,18,21). The Morgan fingerprint density at radius 3 is 2.73 bits per heavy atom. The van der Waals surface area contributed by atoms with Crippen molar-refractivity contribution < 1.29 is 9.59 Å². The molecular formula is C15H16N4O3. The van der Waals surface area contributed by atoms with Crippen LogP contribution in [0.25, 0.3) is 0 Å². The molecule has 0 atom stereocenters. The van der Waals surface area contributed by atoms with E-state index in [1.165, 1.54) is 30.3 Å². The predicted molar refractivity (Wildman–Crippen MR) is 81.6 cm³/mol. The van der Waals surface area contributed by atoms with Crippen LogP contribution in [-0.4, -0.2) is 40.3 Å². The Balaban J connectivity index is 1.97. The van der Waals surface area contributed by atoms with Crippen molar-refractivity contribution in [3.05, 3.63) is 58.1 Å². The number of likely N-dealkylation sites (N-methyl/N-ethyl adjacent to an activating group) is 1. The van der Waals surface area contributed by atoms with Crippen molar-refractivity contribution in [2.75, 3.05) is 18.9 Å².